The van der Waals surface area contributed by atoms with Crippen LogP contribution in [0.4, 0.5) is 0 Å². The van der Waals surface area contributed by atoms with Crippen molar-refractivity contribution in [3.05, 3.63) is 0 Å². The molecule has 2 aliphatic rings. The molecule has 2 rings (SSSR count). The van der Waals surface area contributed by atoms with E-state index in [1.165, 1.54) is 19.3 Å². The Balaban J connectivity index is 2.08. The minimum atomic E-state index is 0.397. The maximum absolute atomic E-state index is 3.88. The monoisotopic (exact) mass is 223 g/mol. The van der Waals surface area contributed by atoms with Gasteiger partial charge in [-0.2, -0.15) is 0 Å². The van der Waals surface area contributed by atoms with Gasteiger partial charge in [0.1, 0.15) is 0 Å². The molecule has 0 radical (unpaired) electrons. The summed E-state index contributed by atoms with van der Waals surface area (Å²) in [7, 11) is 0. The average molecular weight is 223 g/mol. The Hall–Kier alpha value is -0.0400. The fourth-order valence-corrected chi connectivity index (χ4v) is 4.22. The van der Waals surface area contributed by atoms with E-state index in [1.807, 2.05) is 0 Å². The smallest absolute Gasteiger partial charge is 0.0175 e. The molecule has 2 fully saturated rings. The Labute approximate surface area is 101 Å². The minimum absolute atomic E-state index is 0.397. The molecule has 3 unspecified atom stereocenters. The summed E-state index contributed by atoms with van der Waals surface area (Å²) in [6.45, 7) is 15.6. The second kappa shape index (κ2) is 3.48. The first-order chi connectivity index (χ1) is 7.15. The van der Waals surface area contributed by atoms with E-state index in [0.29, 0.717) is 16.2 Å². The molecule has 0 aromatic rings. The van der Waals surface area contributed by atoms with Crippen molar-refractivity contribution in [2.45, 2.75) is 66.8 Å². The molecule has 0 aromatic carbocycles. The maximum atomic E-state index is 3.88. The van der Waals surface area contributed by atoms with E-state index in [4.69, 9.17) is 0 Å². The first-order valence-electron chi connectivity index (χ1n) is 6.89. The molecule has 2 bridgehead atoms. The highest BCUT2D eigenvalue weighted by atomic mass is 15.0. The SMILES string of the molecule is CC(C)(C)CNC1C2(C)CCC(C2)C1(C)C. The molecular weight excluding hydrogens is 194 g/mol. The van der Waals surface area contributed by atoms with E-state index in [0.717, 1.165) is 18.5 Å². The van der Waals surface area contributed by atoms with Crippen molar-refractivity contribution in [3.63, 3.8) is 0 Å². The molecule has 3 atom stereocenters. The molecule has 0 saturated heterocycles. The number of rotatable bonds is 2. The molecule has 2 aliphatic carbocycles. The van der Waals surface area contributed by atoms with Crippen LogP contribution < -0.4 is 5.32 Å². The van der Waals surface area contributed by atoms with Crippen LogP contribution in [0.1, 0.15) is 60.8 Å². The molecule has 0 spiro atoms. The van der Waals surface area contributed by atoms with Crippen molar-refractivity contribution >= 4 is 0 Å². The first-order valence-corrected chi connectivity index (χ1v) is 6.89. The summed E-state index contributed by atoms with van der Waals surface area (Å²) in [5.41, 5.74) is 1.46. The summed E-state index contributed by atoms with van der Waals surface area (Å²) in [6, 6.07) is 0.720. The Morgan fingerprint density at radius 3 is 2.25 bits per heavy atom. The van der Waals surface area contributed by atoms with Crippen LogP contribution in [0.5, 0.6) is 0 Å². The van der Waals surface area contributed by atoms with E-state index in [1.54, 1.807) is 0 Å². The zero-order valence-electron chi connectivity index (χ0n) is 12.0. The van der Waals surface area contributed by atoms with E-state index < -0.39 is 0 Å². The van der Waals surface area contributed by atoms with Gasteiger partial charge in [0.15, 0.2) is 0 Å². The lowest BCUT2D eigenvalue weighted by molar-refractivity contribution is 0.100. The summed E-state index contributed by atoms with van der Waals surface area (Å²) in [6.07, 6.45) is 4.34. The fourth-order valence-electron chi connectivity index (χ4n) is 4.22. The first kappa shape index (κ1) is 12.4. The second-order valence-corrected chi connectivity index (χ2v) is 8.29. The van der Waals surface area contributed by atoms with Gasteiger partial charge in [-0.05, 0) is 41.4 Å². The topological polar surface area (TPSA) is 12.0 Å². The number of nitrogens with one attached hydrogen (secondary N) is 1. The van der Waals surface area contributed by atoms with E-state index in [9.17, 15) is 0 Å². The van der Waals surface area contributed by atoms with Gasteiger partial charge in [0, 0.05) is 12.6 Å². The molecule has 0 heterocycles. The number of hydrogen-bond donors (Lipinski definition) is 1. The van der Waals surface area contributed by atoms with Gasteiger partial charge in [-0.25, -0.2) is 0 Å². The van der Waals surface area contributed by atoms with Crippen LogP contribution in [0.25, 0.3) is 0 Å². The van der Waals surface area contributed by atoms with Crippen LogP contribution in [0, 0.1) is 22.2 Å². The van der Waals surface area contributed by atoms with Crippen LogP contribution in [0.15, 0.2) is 0 Å². The molecule has 0 aliphatic heterocycles. The summed E-state index contributed by atoms with van der Waals surface area (Å²) in [5, 5.41) is 3.88. The van der Waals surface area contributed by atoms with Crippen molar-refractivity contribution in [3.8, 4) is 0 Å². The highest BCUT2D eigenvalue weighted by molar-refractivity contribution is 5.12. The van der Waals surface area contributed by atoms with Gasteiger partial charge in [0.25, 0.3) is 0 Å². The van der Waals surface area contributed by atoms with Gasteiger partial charge in [-0.1, -0.05) is 41.5 Å². The van der Waals surface area contributed by atoms with Gasteiger partial charge in [0.2, 0.25) is 0 Å². The van der Waals surface area contributed by atoms with E-state index in [-0.39, 0.29) is 0 Å². The third-order valence-corrected chi connectivity index (χ3v) is 5.11. The third kappa shape index (κ3) is 1.92. The Morgan fingerprint density at radius 1 is 1.19 bits per heavy atom. The van der Waals surface area contributed by atoms with Crippen molar-refractivity contribution in [1.29, 1.82) is 0 Å². The van der Waals surface area contributed by atoms with Crippen LogP contribution in [-0.4, -0.2) is 12.6 Å². The van der Waals surface area contributed by atoms with Crippen molar-refractivity contribution in [1.82, 2.24) is 5.32 Å². The van der Waals surface area contributed by atoms with Crippen molar-refractivity contribution < 1.29 is 0 Å². The lowest BCUT2D eigenvalue weighted by Gasteiger charge is -2.44. The molecule has 1 nitrogen and oxygen atoms in total. The molecule has 0 aromatic heterocycles. The molecule has 94 valence electrons. The van der Waals surface area contributed by atoms with Gasteiger partial charge < -0.3 is 5.32 Å². The van der Waals surface area contributed by atoms with E-state index >= 15 is 0 Å². The number of hydrogen-bond acceptors (Lipinski definition) is 1. The van der Waals surface area contributed by atoms with Gasteiger partial charge in [0.05, 0.1) is 0 Å². The molecule has 0 amide bonds. The molecule has 16 heavy (non-hydrogen) atoms. The second-order valence-electron chi connectivity index (χ2n) is 8.29. The quantitative estimate of drug-likeness (QED) is 0.750. The fraction of sp³-hybridized carbons (Fsp3) is 1.00. The van der Waals surface area contributed by atoms with Crippen molar-refractivity contribution in [2.24, 2.45) is 22.2 Å². The molecule has 1 N–H and O–H groups in total. The number of fused-ring (bicyclic) bond motifs is 2. The lowest BCUT2D eigenvalue weighted by atomic mass is 9.68. The zero-order valence-corrected chi connectivity index (χ0v) is 12.0. The third-order valence-electron chi connectivity index (χ3n) is 5.11. The molecular formula is C15H29N. The van der Waals surface area contributed by atoms with Crippen LogP contribution in [-0.2, 0) is 0 Å². The Bertz CT molecular complexity index is 269. The maximum Gasteiger partial charge on any atom is 0.0175 e. The lowest BCUT2D eigenvalue weighted by Crippen LogP contribution is -2.52. The van der Waals surface area contributed by atoms with Crippen molar-refractivity contribution in [2.75, 3.05) is 6.54 Å². The molecule has 2 saturated carbocycles. The normalized spacial score (nSPS) is 41.6. The highest BCUT2D eigenvalue weighted by Gasteiger charge is 2.58. The average Bonchev–Trinajstić information content (AvgIpc) is 2.52. The summed E-state index contributed by atoms with van der Waals surface area (Å²) in [5.74, 6) is 0.954. The van der Waals surface area contributed by atoms with Gasteiger partial charge >= 0.3 is 0 Å². The highest BCUT2D eigenvalue weighted by Crippen LogP contribution is 2.62. The van der Waals surface area contributed by atoms with Crippen LogP contribution >= 0.6 is 0 Å². The Kier molecular flexibility index (Phi) is 2.70. The van der Waals surface area contributed by atoms with Gasteiger partial charge in [-0.15, -0.1) is 0 Å². The summed E-state index contributed by atoms with van der Waals surface area (Å²) < 4.78 is 0. The minimum Gasteiger partial charge on any atom is -0.312 e. The van der Waals surface area contributed by atoms with Crippen LogP contribution in [0.2, 0.25) is 0 Å². The summed E-state index contributed by atoms with van der Waals surface area (Å²) >= 11 is 0. The predicted molar refractivity (Wildman–Crippen MR) is 70.5 cm³/mol. The van der Waals surface area contributed by atoms with Gasteiger partial charge in [-0.3, -0.25) is 0 Å². The Morgan fingerprint density at radius 2 is 1.81 bits per heavy atom. The van der Waals surface area contributed by atoms with E-state index in [2.05, 4.69) is 46.9 Å². The zero-order chi connectivity index (χ0) is 12.2. The predicted octanol–water partition coefficient (Wildman–Crippen LogP) is 3.84. The standard InChI is InChI=1S/C15H29N/c1-13(2,3)10-16-12-14(4,5)11-7-8-15(12,6)9-11/h11-12,16H,7-10H2,1-6H3. The molecule has 1 heteroatoms. The summed E-state index contributed by atoms with van der Waals surface area (Å²) in [4.78, 5) is 0. The van der Waals surface area contributed by atoms with Crippen LogP contribution in [0.3, 0.4) is 0 Å². The largest absolute Gasteiger partial charge is 0.312 e.